The van der Waals surface area contributed by atoms with Gasteiger partial charge >= 0.3 is 5.97 Å². The molecule has 8 heteroatoms. The molecule has 0 radical (unpaired) electrons. The average Bonchev–Trinajstić information content (AvgIpc) is 3.34. The number of hydrogen-bond acceptors (Lipinski definition) is 6. The number of allylic oxidation sites excluding steroid dienone is 1. The molecule has 0 saturated carbocycles. The first-order valence-corrected chi connectivity index (χ1v) is 11.3. The molecule has 4 aromatic rings. The Morgan fingerprint density at radius 3 is 2.58 bits per heavy atom. The molecule has 1 aliphatic heterocycles. The molecular weight excluding hydrogens is 556 g/mol. The third-order valence-corrected chi connectivity index (χ3v) is 6.00. The van der Waals surface area contributed by atoms with Crippen LogP contribution in [0.5, 0.6) is 17.2 Å². The summed E-state index contributed by atoms with van der Waals surface area (Å²) in [6.45, 7) is 0. The molecule has 0 saturated heterocycles. The van der Waals surface area contributed by atoms with Crippen LogP contribution in [0.4, 0.5) is 0 Å². The second-order valence-corrected chi connectivity index (χ2v) is 9.00. The molecule has 164 valence electrons. The Labute approximate surface area is 205 Å². The normalized spacial score (nSPS) is 13.8. The van der Waals surface area contributed by atoms with Crippen LogP contribution in [0.15, 0.2) is 79.8 Å². The number of hydrogen-bond donors (Lipinski definition) is 0. The summed E-state index contributed by atoms with van der Waals surface area (Å²) in [6.07, 6.45) is 1.62. The van der Waals surface area contributed by atoms with Crippen LogP contribution in [0.2, 0.25) is 0 Å². The number of carbonyl (C=O) groups excluding carboxylic acids is 2. The Morgan fingerprint density at radius 2 is 1.76 bits per heavy atom. The van der Waals surface area contributed by atoms with Gasteiger partial charge in [-0.2, -0.15) is 0 Å². The van der Waals surface area contributed by atoms with Crippen molar-refractivity contribution in [1.29, 1.82) is 0 Å². The Morgan fingerprint density at radius 1 is 0.970 bits per heavy atom. The van der Waals surface area contributed by atoms with Crippen molar-refractivity contribution >= 4 is 60.7 Å². The van der Waals surface area contributed by atoms with Gasteiger partial charge in [0.2, 0.25) is 11.5 Å². The molecule has 0 aliphatic carbocycles. The van der Waals surface area contributed by atoms with Crippen LogP contribution >= 0.6 is 31.9 Å². The van der Waals surface area contributed by atoms with E-state index in [-0.39, 0.29) is 23.1 Å². The molecule has 3 aromatic carbocycles. The van der Waals surface area contributed by atoms with E-state index in [2.05, 4.69) is 31.9 Å². The van der Waals surface area contributed by atoms with E-state index in [1.54, 1.807) is 43.5 Å². The van der Waals surface area contributed by atoms with E-state index in [1.807, 2.05) is 24.3 Å². The molecule has 33 heavy (non-hydrogen) atoms. The third kappa shape index (κ3) is 4.19. The molecule has 0 bridgehead atoms. The highest BCUT2D eigenvalue weighted by molar-refractivity contribution is 9.10. The second-order valence-electron chi connectivity index (χ2n) is 7.17. The van der Waals surface area contributed by atoms with Crippen LogP contribution in [-0.2, 0) is 0 Å². The fourth-order valence-electron chi connectivity index (χ4n) is 3.46. The van der Waals surface area contributed by atoms with Gasteiger partial charge in [-0.3, -0.25) is 4.79 Å². The second kappa shape index (κ2) is 8.53. The highest BCUT2D eigenvalue weighted by Gasteiger charge is 2.28. The van der Waals surface area contributed by atoms with Gasteiger partial charge in [-0.25, -0.2) is 4.79 Å². The third-order valence-electron chi connectivity index (χ3n) is 5.01. The van der Waals surface area contributed by atoms with Crippen molar-refractivity contribution in [3.8, 4) is 17.2 Å². The maximum Gasteiger partial charge on any atom is 0.379 e. The maximum atomic E-state index is 12.8. The van der Waals surface area contributed by atoms with Gasteiger partial charge in [-0.15, -0.1) is 0 Å². The number of Topliss-reactive ketones (excluding diaryl/α,β-unsaturated/α-hetero) is 1. The summed E-state index contributed by atoms with van der Waals surface area (Å²) in [4.78, 5) is 25.4. The van der Waals surface area contributed by atoms with Crippen LogP contribution in [0.25, 0.3) is 17.0 Å². The zero-order chi connectivity index (χ0) is 23.1. The maximum absolute atomic E-state index is 12.8. The summed E-state index contributed by atoms with van der Waals surface area (Å²) in [7, 11) is 1.55. The predicted octanol–water partition coefficient (Wildman–Crippen LogP) is 6.80. The highest BCUT2D eigenvalue weighted by atomic mass is 79.9. The molecule has 1 aliphatic rings. The first-order chi connectivity index (χ1) is 15.9. The van der Waals surface area contributed by atoms with Crippen molar-refractivity contribution in [3.63, 3.8) is 0 Å². The number of furan rings is 1. The minimum absolute atomic E-state index is 0.0722. The van der Waals surface area contributed by atoms with Gasteiger partial charge in [0.1, 0.15) is 22.8 Å². The van der Waals surface area contributed by atoms with Crippen molar-refractivity contribution in [2.24, 2.45) is 0 Å². The molecule has 6 nitrogen and oxygen atoms in total. The Kier molecular flexibility index (Phi) is 5.55. The number of rotatable bonds is 4. The Balaban J connectivity index is 1.39. The molecule has 2 heterocycles. The summed E-state index contributed by atoms with van der Waals surface area (Å²) in [6, 6.07) is 17.1. The van der Waals surface area contributed by atoms with Crippen LogP contribution in [-0.4, -0.2) is 18.9 Å². The average molecular weight is 570 g/mol. The number of esters is 1. The van der Waals surface area contributed by atoms with Crippen molar-refractivity contribution in [2.75, 3.05) is 7.11 Å². The molecule has 1 aromatic heterocycles. The van der Waals surface area contributed by atoms with Crippen LogP contribution in [0, 0.1) is 0 Å². The van der Waals surface area contributed by atoms with E-state index in [4.69, 9.17) is 18.6 Å². The molecule has 0 atom stereocenters. The topological polar surface area (TPSA) is 75.0 Å². The van der Waals surface area contributed by atoms with E-state index in [0.29, 0.717) is 28.2 Å². The molecule has 0 N–H and O–H groups in total. The fourth-order valence-corrected chi connectivity index (χ4v) is 4.22. The summed E-state index contributed by atoms with van der Waals surface area (Å²) < 4.78 is 23.9. The first-order valence-electron chi connectivity index (χ1n) is 9.74. The van der Waals surface area contributed by atoms with Crippen molar-refractivity contribution < 1.29 is 28.2 Å². The van der Waals surface area contributed by atoms with E-state index in [1.165, 1.54) is 6.07 Å². The molecular formula is C25H14Br2O6. The van der Waals surface area contributed by atoms with Gasteiger partial charge in [0.05, 0.1) is 12.7 Å². The van der Waals surface area contributed by atoms with Crippen molar-refractivity contribution in [3.05, 3.63) is 92.3 Å². The number of halogens is 2. The monoisotopic (exact) mass is 568 g/mol. The SMILES string of the molecule is COc1ccc(Br)cc1/C=C1\Oc2cc(OC(=O)c3cc4cc(Br)ccc4o3)ccc2C1=O. The summed E-state index contributed by atoms with van der Waals surface area (Å²) in [5, 5.41) is 0.775. The Hall–Kier alpha value is -3.36. The van der Waals surface area contributed by atoms with Gasteiger partial charge in [0.15, 0.2) is 5.76 Å². The lowest BCUT2D eigenvalue weighted by molar-refractivity contribution is 0.0703. The van der Waals surface area contributed by atoms with E-state index >= 15 is 0 Å². The zero-order valence-electron chi connectivity index (χ0n) is 17.1. The first kappa shape index (κ1) is 21.5. The molecule has 0 amide bonds. The highest BCUT2D eigenvalue weighted by Crippen LogP contribution is 2.36. The largest absolute Gasteiger partial charge is 0.496 e. The number of carbonyl (C=O) groups is 2. The van der Waals surface area contributed by atoms with E-state index < -0.39 is 5.97 Å². The number of fused-ring (bicyclic) bond motifs is 2. The summed E-state index contributed by atoms with van der Waals surface area (Å²) in [5.74, 6) is 0.434. The number of methoxy groups -OCH3 is 1. The lowest BCUT2D eigenvalue weighted by Crippen LogP contribution is -2.07. The van der Waals surface area contributed by atoms with Gasteiger partial charge in [0.25, 0.3) is 0 Å². The predicted molar refractivity (Wildman–Crippen MR) is 129 cm³/mol. The van der Waals surface area contributed by atoms with Gasteiger partial charge < -0.3 is 18.6 Å². The minimum atomic E-state index is -0.652. The molecule has 0 unspecified atom stereocenters. The fraction of sp³-hybridized carbons (Fsp3) is 0.0400. The molecule has 5 rings (SSSR count). The standard InChI is InChI=1S/C25H14Br2O6/c1-30-19-6-2-15(26)8-13(19)10-22-24(28)18-5-4-17(12-21(18)33-22)31-25(29)23-11-14-9-16(27)3-7-20(14)32-23/h2-12H,1H3/b22-10-. The molecule has 0 spiro atoms. The van der Waals surface area contributed by atoms with Gasteiger partial charge in [0, 0.05) is 26.0 Å². The van der Waals surface area contributed by atoms with Gasteiger partial charge in [-0.1, -0.05) is 31.9 Å². The lowest BCUT2D eigenvalue weighted by atomic mass is 10.1. The van der Waals surface area contributed by atoms with Gasteiger partial charge in [-0.05, 0) is 60.7 Å². The zero-order valence-corrected chi connectivity index (χ0v) is 20.2. The Bertz CT molecular complexity index is 1470. The number of benzene rings is 3. The minimum Gasteiger partial charge on any atom is -0.496 e. The smallest absolute Gasteiger partial charge is 0.379 e. The van der Waals surface area contributed by atoms with E-state index in [9.17, 15) is 9.59 Å². The van der Waals surface area contributed by atoms with Crippen LogP contribution in [0.3, 0.4) is 0 Å². The van der Waals surface area contributed by atoms with Crippen molar-refractivity contribution in [1.82, 2.24) is 0 Å². The van der Waals surface area contributed by atoms with E-state index in [0.717, 1.165) is 14.3 Å². The number of ketones is 1. The summed E-state index contributed by atoms with van der Waals surface area (Å²) >= 11 is 6.81. The quantitative estimate of drug-likeness (QED) is 0.153. The van der Waals surface area contributed by atoms with Crippen molar-refractivity contribution in [2.45, 2.75) is 0 Å². The summed E-state index contributed by atoms with van der Waals surface area (Å²) in [5.41, 5.74) is 1.64. The number of ether oxygens (including phenoxy) is 3. The van der Waals surface area contributed by atoms with Crippen LogP contribution < -0.4 is 14.2 Å². The lowest BCUT2D eigenvalue weighted by Gasteiger charge is -2.06. The van der Waals surface area contributed by atoms with Crippen LogP contribution in [0.1, 0.15) is 26.5 Å². The molecule has 0 fully saturated rings.